The van der Waals surface area contributed by atoms with E-state index in [2.05, 4.69) is 15.3 Å². The SMILES string of the molecule is COc1ccc(-c2nc(CC(=O)N[C@@H](Cc3c[nH]c4ccccc34)C(=O)O)cs2)cc1. The monoisotopic (exact) mass is 435 g/mol. The topological polar surface area (TPSA) is 104 Å². The number of carbonyl (C=O) groups is 2. The Morgan fingerprint density at radius 2 is 1.97 bits per heavy atom. The molecule has 0 fully saturated rings. The van der Waals surface area contributed by atoms with E-state index in [4.69, 9.17) is 4.74 Å². The number of fused-ring (bicyclic) bond motifs is 1. The van der Waals surface area contributed by atoms with Gasteiger partial charge in [0.25, 0.3) is 0 Å². The number of benzene rings is 2. The molecule has 0 saturated heterocycles. The lowest BCUT2D eigenvalue weighted by molar-refractivity contribution is -0.141. The third-order valence-electron chi connectivity index (χ3n) is 4.96. The number of hydrogen-bond acceptors (Lipinski definition) is 5. The van der Waals surface area contributed by atoms with Crippen LogP contribution in [0.5, 0.6) is 5.75 Å². The molecule has 2 heterocycles. The van der Waals surface area contributed by atoms with Crippen molar-refractivity contribution in [1.29, 1.82) is 0 Å². The highest BCUT2D eigenvalue weighted by atomic mass is 32.1. The Hall–Kier alpha value is -3.65. The number of thiazole rings is 1. The number of nitrogens with one attached hydrogen (secondary N) is 2. The molecule has 1 amide bonds. The van der Waals surface area contributed by atoms with Gasteiger partial charge in [0.05, 0.1) is 19.2 Å². The van der Waals surface area contributed by atoms with Crippen molar-refractivity contribution in [3.05, 3.63) is 71.4 Å². The largest absolute Gasteiger partial charge is 0.497 e. The Morgan fingerprint density at radius 3 is 2.71 bits per heavy atom. The molecule has 3 N–H and O–H groups in total. The minimum Gasteiger partial charge on any atom is -0.497 e. The lowest BCUT2D eigenvalue weighted by Gasteiger charge is -2.14. The Balaban J connectivity index is 1.41. The van der Waals surface area contributed by atoms with Gasteiger partial charge in [-0.25, -0.2) is 9.78 Å². The third-order valence-corrected chi connectivity index (χ3v) is 5.90. The average molecular weight is 436 g/mol. The number of aliphatic carboxylic acids is 1. The van der Waals surface area contributed by atoms with Crippen LogP contribution in [0.4, 0.5) is 0 Å². The zero-order chi connectivity index (χ0) is 21.8. The maximum absolute atomic E-state index is 12.5. The van der Waals surface area contributed by atoms with Crippen LogP contribution >= 0.6 is 11.3 Å². The van der Waals surface area contributed by atoms with Gasteiger partial charge in [-0.05, 0) is 35.9 Å². The van der Waals surface area contributed by atoms with Gasteiger partial charge in [-0.1, -0.05) is 18.2 Å². The fourth-order valence-electron chi connectivity index (χ4n) is 3.38. The summed E-state index contributed by atoms with van der Waals surface area (Å²) in [5, 5.41) is 15.8. The summed E-state index contributed by atoms with van der Waals surface area (Å²) in [7, 11) is 1.61. The molecule has 7 nitrogen and oxygen atoms in total. The van der Waals surface area contributed by atoms with Crippen LogP contribution in [0.25, 0.3) is 21.5 Å². The van der Waals surface area contributed by atoms with Crippen LogP contribution in [0.3, 0.4) is 0 Å². The average Bonchev–Trinajstić information content (AvgIpc) is 3.40. The molecule has 8 heteroatoms. The quantitative estimate of drug-likeness (QED) is 0.392. The van der Waals surface area contributed by atoms with Gasteiger partial charge in [-0.15, -0.1) is 11.3 Å². The van der Waals surface area contributed by atoms with Gasteiger partial charge in [0, 0.05) is 34.5 Å². The van der Waals surface area contributed by atoms with Crippen LogP contribution in [-0.2, 0) is 22.4 Å². The van der Waals surface area contributed by atoms with E-state index in [0.717, 1.165) is 32.8 Å². The van der Waals surface area contributed by atoms with Crippen LogP contribution < -0.4 is 10.1 Å². The molecule has 0 saturated carbocycles. The molecule has 31 heavy (non-hydrogen) atoms. The predicted octanol–water partition coefficient (Wildman–Crippen LogP) is 3.65. The Labute approximate surface area is 182 Å². The molecule has 0 aliphatic carbocycles. The first-order chi connectivity index (χ1) is 15.0. The van der Waals surface area contributed by atoms with Crippen molar-refractivity contribution < 1.29 is 19.4 Å². The van der Waals surface area contributed by atoms with Gasteiger partial charge in [-0.3, -0.25) is 4.79 Å². The molecular formula is C23H21N3O4S. The number of methoxy groups -OCH3 is 1. The number of carboxylic acid groups (broad SMARTS) is 1. The predicted molar refractivity (Wildman–Crippen MR) is 119 cm³/mol. The van der Waals surface area contributed by atoms with Crippen molar-refractivity contribution in [3.63, 3.8) is 0 Å². The van der Waals surface area contributed by atoms with Gasteiger partial charge in [0.2, 0.25) is 5.91 Å². The molecule has 0 aliphatic rings. The molecule has 0 bridgehead atoms. The van der Waals surface area contributed by atoms with Crippen molar-refractivity contribution >= 4 is 34.1 Å². The number of amides is 1. The van der Waals surface area contributed by atoms with Crippen LogP contribution in [0.2, 0.25) is 0 Å². The summed E-state index contributed by atoms with van der Waals surface area (Å²) in [6.45, 7) is 0. The second-order valence-electron chi connectivity index (χ2n) is 7.07. The summed E-state index contributed by atoms with van der Waals surface area (Å²) in [4.78, 5) is 31.9. The van der Waals surface area contributed by atoms with E-state index >= 15 is 0 Å². The smallest absolute Gasteiger partial charge is 0.326 e. The van der Waals surface area contributed by atoms with Gasteiger partial charge < -0.3 is 20.1 Å². The zero-order valence-electron chi connectivity index (χ0n) is 16.8. The summed E-state index contributed by atoms with van der Waals surface area (Å²) >= 11 is 1.44. The van der Waals surface area contributed by atoms with Gasteiger partial charge >= 0.3 is 5.97 Å². The van der Waals surface area contributed by atoms with Gasteiger partial charge in [0.1, 0.15) is 16.8 Å². The minimum absolute atomic E-state index is 0.0182. The van der Waals surface area contributed by atoms with E-state index in [-0.39, 0.29) is 18.7 Å². The maximum Gasteiger partial charge on any atom is 0.326 e. The Kier molecular flexibility index (Phi) is 5.99. The summed E-state index contributed by atoms with van der Waals surface area (Å²) in [5.41, 5.74) is 3.31. The van der Waals surface area contributed by atoms with E-state index in [0.29, 0.717) is 5.69 Å². The highest BCUT2D eigenvalue weighted by Crippen LogP contribution is 2.26. The fourth-order valence-corrected chi connectivity index (χ4v) is 4.21. The maximum atomic E-state index is 12.5. The van der Waals surface area contributed by atoms with Gasteiger partial charge in [0.15, 0.2) is 0 Å². The molecule has 2 aromatic heterocycles. The number of H-pyrrole nitrogens is 1. The van der Waals surface area contributed by atoms with Crippen LogP contribution in [0.1, 0.15) is 11.3 Å². The first-order valence-electron chi connectivity index (χ1n) is 9.69. The standard InChI is InChI=1S/C23H21N3O4S/c1-30-17-8-6-14(7-9-17)22-25-16(13-31-22)11-21(27)26-20(23(28)29)10-15-12-24-19-5-3-2-4-18(15)19/h2-9,12-13,20,24H,10-11H2,1H3,(H,26,27)(H,28,29)/t20-/m0/s1. The number of hydrogen-bond donors (Lipinski definition) is 3. The number of ether oxygens (including phenoxy) is 1. The molecule has 2 aromatic carbocycles. The second-order valence-corrected chi connectivity index (χ2v) is 7.93. The third kappa shape index (κ3) is 4.75. The first kappa shape index (κ1) is 20.6. The van der Waals surface area contributed by atoms with Crippen molar-refractivity contribution in [2.75, 3.05) is 7.11 Å². The number of aromatic nitrogens is 2. The number of aromatic amines is 1. The Bertz CT molecular complexity index is 1210. The molecule has 4 aromatic rings. The number of para-hydroxylation sites is 1. The highest BCUT2D eigenvalue weighted by molar-refractivity contribution is 7.13. The summed E-state index contributed by atoms with van der Waals surface area (Å²) in [5.74, 6) is -0.690. The summed E-state index contributed by atoms with van der Waals surface area (Å²) in [6.07, 6.45) is 2.00. The van der Waals surface area contributed by atoms with Crippen LogP contribution in [0.15, 0.2) is 60.1 Å². The molecule has 1 atom stereocenters. The number of carboxylic acids is 1. The molecule has 0 radical (unpaired) electrons. The first-order valence-corrected chi connectivity index (χ1v) is 10.6. The molecule has 158 valence electrons. The van der Waals surface area contributed by atoms with E-state index in [9.17, 15) is 14.7 Å². The molecular weight excluding hydrogens is 414 g/mol. The second kappa shape index (κ2) is 9.01. The van der Waals surface area contributed by atoms with E-state index < -0.39 is 12.0 Å². The van der Waals surface area contributed by atoms with Crippen LogP contribution in [0, 0.1) is 0 Å². The number of carbonyl (C=O) groups excluding carboxylic acids is 1. The van der Waals surface area contributed by atoms with Gasteiger partial charge in [-0.2, -0.15) is 0 Å². The van der Waals surface area contributed by atoms with E-state index in [1.807, 2.05) is 53.9 Å². The molecule has 0 spiro atoms. The van der Waals surface area contributed by atoms with Crippen molar-refractivity contribution in [3.8, 4) is 16.3 Å². The lowest BCUT2D eigenvalue weighted by atomic mass is 10.0. The van der Waals surface area contributed by atoms with E-state index in [1.165, 1.54) is 11.3 Å². The number of rotatable bonds is 8. The summed E-state index contributed by atoms with van der Waals surface area (Å²) < 4.78 is 5.16. The number of nitrogens with zero attached hydrogens (tertiary/aromatic N) is 1. The zero-order valence-corrected chi connectivity index (χ0v) is 17.6. The van der Waals surface area contributed by atoms with Crippen molar-refractivity contribution in [1.82, 2.24) is 15.3 Å². The molecule has 4 rings (SSSR count). The highest BCUT2D eigenvalue weighted by Gasteiger charge is 2.22. The molecule has 0 unspecified atom stereocenters. The lowest BCUT2D eigenvalue weighted by Crippen LogP contribution is -2.43. The van der Waals surface area contributed by atoms with Crippen molar-refractivity contribution in [2.45, 2.75) is 18.9 Å². The minimum atomic E-state index is -1.07. The fraction of sp³-hybridized carbons (Fsp3) is 0.174. The normalized spacial score (nSPS) is 11.9. The Morgan fingerprint density at radius 1 is 1.19 bits per heavy atom. The molecule has 0 aliphatic heterocycles. The van der Waals surface area contributed by atoms with Crippen LogP contribution in [-0.4, -0.2) is 40.1 Å². The summed E-state index contributed by atoms with van der Waals surface area (Å²) in [6, 6.07) is 14.2. The van der Waals surface area contributed by atoms with E-state index in [1.54, 1.807) is 13.3 Å². The van der Waals surface area contributed by atoms with Crippen molar-refractivity contribution in [2.24, 2.45) is 0 Å².